The standard InChI is InChI=1S/C12H15NO4S/c14-12(15)9-6-7-10(8-9)13-18(16,17)11-4-2-1-3-5-11/h1-5,9-10,13H,6-8H2,(H,14,15)/t9-,10+/m1/s1. The van der Waals surface area contributed by atoms with Gasteiger partial charge >= 0.3 is 5.97 Å². The van der Waals surface area contributed by atoms with Gasteiger partial charge in [-0.25, -0.2) is 13.1 Å². The molecule has 1 aliphatic carbocycles. The molecule has 0 heterocycles. The summed E-state index contributed by atoms with van der Waals surface area (Å²) in [6.45, 7) is 0. The van der Waals surface area contributed by atoms with Gasteiger partial charge < -0.3 is 5.11 Å². The van der Waals surface area contributed by atoms with Crippen LogP contribution in [0.5, 0.6) is 0 Å². The van der Waals surface area contributed by atoms with Crippen LogP contribution in [0.4, 0.5) is 0 Å². The van der Waals surface area contributed by atoms with Crippen LogP contribution in [0.15, 0.2) is 35.2 Å². The van der Waals surface area contributed by atoms with Gasteiger partial charge in [0.1, 0.15) is 0 Å². The molecule has 2 rings (SSSR count). The molecule has 1 fully saturated rings. The molecular weight excluding hydrogens is 254 g/mol. The van der Waals surface area contributed by atoms with Crippen molar-refractivity contribution in [2.45, 2.75) is 30.2 Å². The maximum atomic E-state index is 12.0. The summed E-state index contributed by atoms with van der Waals surface area (Å²) in [6, 6.07) is 7.82. The van der Waals surface area contributed by atoms with E-state index in [2.05, 4.69) is 4.72 Å². The third kappa shape index (κ3) is 2.88. The van der Waals surface area contributed by atoms with E-state index in [-0.39, 0.29) is 10.9 Å². The van der Waals surface area contributed by atoms with E-state index in [1.165, 1.54) is 12.1 Å². The largest absolute Gasteiger partial charge is 0.481 e. The molecule has 2 atom stereocenters. The first kappa shape index (κ1) is 13.0. The number of carboxylic acid groups (broad SMARTS) is 1. The maximum Gasteiger partial charge on any atom is 0.306 e. The van der Waals surface area contributed by atoms with Crippen LogP contribution < -0.4 is 4.72 Å². The number of rotatable bonds is 4. The number of hydrogen-bond acceptors (Lipinski definition) is 3. The smallest absolute Gasteiger partial charge is 0.306 e. The number of carboxylic acids is 1. The average molecular weight is 269 g/mol. The Balaban J connectivity index is 2.05. The Morgan fingerprint density at radius 2 is 1.89 bits per heavy atom. The van der Waals surface area contributed by atoms with Gasteiger partial charge in [-0.15, -0.1) is 0 Å². The van der Waals surface area contributed by atoms with Gasteiger partial charge in [-0.2, -0.15) is 0 Å². The lowest BCUT2D eigenvalue weighted by Crippen LogP contribution is -2.33. The molecule has 0 radical (unpaired) electrons. The predicted octanol–water partition coefficient (Wildman–Crippen LogP) is 1.22. The van der Waals surface area contributed by atoms with Gasteiger partial charge in [-0.3, -0.25) is 4.79 Å². The van der Waals surface area contributed by atoms with Crippen molar-refractivity contribution in [3.05, 3.63) is 30.3 Å². The quantitative estimate of drug-likeness (QED) is 0.860. The fraction of sp³-hybridized carbons (Fsp3) is 0.417. The maximum absolute atomic E-state index is 12.0. The fourth-order valence-corrected chi connectivity index (χ4v) is 3.50. The van der Waals surface area contributed by atoms with Gasteiger partial charge in [-0.05, 0) is 31.4 Å². The Labute approximate surface area is 106 Å². The normalized spacial score (nSPS) is 24.0. The highest BCUT2D eigenvalue weighted by Gasteiger charge is 2.32. The van der Waals surface area contributed by atoms with Crippen LogP contribution in [0.25, 0.3) is 0 Å². The highest BCUT2D eigenvalue weighted by molar-refractivity contribution is 7.89. The monoisotopic (exact) mass is 269 g/mol. The molecule has 1 aromatic rings. The van der Waals surface area contributed by atoms with Crippen LogP contribution >= 0.6 is 0 Å². The first-order valence-corrected chi connectivity index (χ1v) is 7.27. The molecule has 1 saturated carbocycles. The topological polar surface area (TPSA) is 83.5 Å². The van der Waals surface area contributed by atoms with E-state index < -0.39 is 21.9 Å². The molecule has 2 N–H and O–H groups in total. The average Bonchev–Trinajstić information content (AvgIpc) is 2.78. The summed E-state index contributed by atoms with van der Waals surface area (Å²) in [5.74, 6) is -1.29. The first-order chi connectivity index (χ1) is 8.49. The van der Waals surface area contributed by atoms with Crippen LogP contribution in [0.3, 0.4) is 0 Å². The molecule has 0 bridgehead atoms. The van der Waals surface area contributed by atoms with Crippen LogP contribution in [0.2, 0.25) is 0 Å². The van der Waals surface area contributed by atoms with Gasteiger partial charge in [0.25, 0.3) is 0 Å². The molecule has 0 amide bonds. The molecule has 98 valence electrons. The molecule has 18 heavy (non-hydrogen) atoms. The molecule has 0 spiro atoms. The molecule has 1 aromatic carbocycles. The van der Waals surface area contributed by atoms with Crippen LogP contribution in [0.1, 0.15) is 19.3 Å². The Hall–Kier alpha value is -1.40. The summed E-state index contributed by atoms with van der Waals surface area (Å²) in [7, 11) is -3.54. The Morgan fingerprint density at radius 1 is 1.22 bits per heavy atom. The summed E-state index contributed by atoms with van der Waals surface area (Å²) < 4.78 is 26.6. The van der Waals surface area contributed by atoms with Gasteiger partial charge in [0.2, 0.25) is 10.0 Å². The Morgan fingerprint density at radius 3 is 2.44 bits per heavy atom. The van der Waals surface area contributed by atoms with Crippen molar-refractivity contribution in [2.75, 3.05) is 0 Å². The van der Waals surface area contributed by atoms with E-state index in [0.29, 0.717) is 19.3 Å². The van der Waals surface area contributed by atoms with Crippen molar-refractivity contribution >= 4 is 16.0 Å². The molecule has 5 nitrogen and oxygen atoms in total. The highest BCUT2D eigenvalue weighted by Crippen LogP contribution is 2.26. The minimum absolute atomic E-state index is 0.212. The zero-order valence-electron chi connectivity index (χ0n) is 9.74. The first-order valence-electron chi connectivity index (χ1n) is 5.79. The second kappa shape index (κ2) is 5.07. The zero-order valence-corrected chi connectivity index (χ0v) is 10.6. The SMILES string of the molecule is O=C(O)[C@@H]1CC[C@H](NS(=O)(=O)c2ccccc2)C1. The van der Waals surface area contributed by atoms with Gasteiger partial charge in [0.15, 0.2) is 0 Å². The predicted molar refractivity (Wildman–Crippen MR) is 65.5 cm³/mol. The van der Waals surface area contributed by atoms with Crippen molar-refractivity contribution in [2.24, 2.45) is 5.92 Å². The summed E-state index contributed by atoms with van der Waals surface area (Å²) in [6.07, 6.45) is 1.46. The molecule has 0 aromatic heterocycles. The molecule has 1 aliphatic rings. The lowest BCUT2D eigenvalue weighted by molar-refractivity contribution is -0.141. The second-order valence-electron chi connectivity index (χ2n) is 4.48. The van der Waals surface area contributed by atoms with Gasteiger partial charge in [0, 0.05) is 6.04 Å². The zero-order chi connectivity index (χ0) is 13.2. The molecule has 0 unspecified atom stereocenters. The third-order valence-electron chi connectivity index (χ3n) is 3.16. The molecule has 6 heteroatoms. The Kier molecular flexibility index (Phi) is 3.68. The lowest BCUT2D eigenvalue weighted by Gasteiger charge is -2.12. The summed E-state index contributed by atoms with van der Waals surface area (Å²) in [5.41, 5.74) is 0. The molecular formula is C12H15NO4S. The fourth-order valence-electron chi connectivity index (χ4n) is 2.20. The van der Waals surface area contributed by atoms with E-state index >= 15 is 0 Å². The summed E-state index contributed by atoms with van der Waals surface area (Å²) >= 11 is 0. The number of aliphatic carboxylic acids is 1. The van der Waals surface area contributed by atoms with Gasteiger partial charge in [-0.1, -0.05) is 18.2 Å². The molecule has 0 saturated heterocycles. The number of hydrogen-bond donors (Lipinski definition) is 2. The van der Waals surface area contributed by atoms with Crippen molar-refractivity contribution in [1.82, 2.24) is 4.72 Å². The van der Waals surface area contributed by atoms with Gasteiger partial charge in [0.05, 0.1) is 10.8 Å². The van der Waals surface area contributed by atoms with Crippen LogP contribution in [-0.2, 0) is 14.8 Å². The number of carbonyl (C=O) groups is 1. The highest BCUT2D eigenvalue weighted by atomic mass is 32.2. The van der Waals surface area contributed by atoms with Crippen LogP contribution in [-0.4, -0.2) is 25.5 Å². The Bertz CT molecular complexity index is 526. The van der Waals surface area contributed by atoms with E-state index in [0.717, 1.165) is 0 Å². The number of nitrogens with one attached hydrogen (secondary N) is 1. The van der Waals surface area contributed by atoms with Crippen molar-refractivity contribution in [1.29, 1.82) is 0 Å². The third-order valence-corrected chi connectivity index (χ3v) is 4.69. The van der Waals surface area contributed by atoms with E-state index in [1.54, 1.807) is 18.2 Å². The van der Waals surface area contributed by atoms with Crippen LogP contribution in [0, 0.1) is 5.92 Å². The minimum atomic E-state index is -3.54. The summed E-state index contributed by atoms with van der Waals surface area (Å²) in [4.78, 5) is 11.0. The number of benzene rings is 1. The second-order valence-corrected chi connectivity index (χ2v) is 6.19. The van der Waals surface area contributed by atoms with E-state index in [1.807, 2.05) is 0 Å². The van der Waals surface area contributed by atoms with E-state index in [4.69, 9.17) is 5.11 Å². The van der Waals surface area contributed by atoms with Crippen molar-refractivity contribution < 1.29 is 18.3 Å². The number of sulfonamides is 1. The lowest BCUT2D eigenvalue weighted by atomic mass is 10.1. The molecule has 0 aliphatic heterocycles. The van der Waals surface area contributed by atoms with Crippen molar-refractivity contribution in [3.8, 4) is 0 Å². The van der Waals surface area contributed by atoms with Crippen molar-refractivity contribution in [3.63, 3.8) is 0 Å². The minimum Gasteiger partial charge on any atom is -0.481 e. The van der Waals surface area contributed by atoms with E-state index in [9.17, 15) is 13.2 Å². The summed E-state index contributed by atoms with van der Waals surface area (Å²) in [5, 5.41) is 8.87.